The van der Waals surface area contributed by atoms with Crippen molar-refractivity contribution in [2.45, 2.75) is 13.0 Å². The Bertz CT molecular complexity index is 903. The summed E-state index contributed by atoms with van der Waals surface area (Å²) in [6, 6.07) is 3.12. The zero-order valence-corrected chi connectivity index (χ0v) is 13.6. The van der Waals surface area contributed by atoms with E-state index in [2.05, 4.69) is 36.2 Å². The Labute approximate surface area is 140 Å². The van der Waals surface area contributed by atoms with Crippen molar-refractivity contribution in [3.63, 3.8) is 0 Å². The summed E-state index contributed by atoms with van der Waals surface area (Å²) in [6.07, 6.45) is 5.59. The second-order valence-electron chi connectivity index (χ2n) is 5.19. The number of halogens is 2. The predicted molar refractivity (Wildman–Crippen MR) is 88.0 cm³/mol. The molecule has 0 radical (unpaired) electrons. The number of pyridine rings is 1. The Morgan fingerprint density at radius 1 is 1.26 bits per heavy atom. The van der Waals surface area contributed by atoms with Crippen LogP contribution >= 0.6 is 15.9 Å². The van der Waals surface area contributed by atoms with Crippen molar-refractivity contribution in [3.8, 4) is 5.75 Å². The van der Waals surface area contributed by atoms with E-state index in [0.29, 0.717) is 30.0 Å². The number of ether oxygens (including phenoxy) is 1. The molecular formula is C16H12BrFN4O. The highest BCUT2D eigenvalue weighted by molar-refractivity contribution is 9.10. The normalized spacial score (nSPS) is 13.0. The maximum absolute atomic E-state index is 14.2. The summed E-state index contributed by atoms with van der Waals surface area (Å²) in [7, 11) is 0. The van der Waals surface area contributed by atoms with Gasteiger partial charge in [-0.25, -0.2) is 19.3 Å². The molecule has 116 valence electrons. The van der Waals surface area contributed by atoms with E-state index in [1.807, 2.05) is 0 Å². The lowest BCUT2D eigenvalue weighted by Gasteiger charge is -2.12. The van der Waals surface area contributed by atoms with E-state index in [4.69, 9.17) is 4.74 Å². The second-order valence-corrected chi connectivity index (χ2v) is 6.05. The largest absolute Gasteiger partial charge is 0.493 e. The molecule has 0 bridgehead atoms. The van der Waals surface area contributed by atoms with Crippen LogP contribution in [0.15, 0.2) is 35.3 Å². The van der Waals surface area contributed by atoms with Crippen LogP contribution in [0.3, 0.4) is 0 Å². The van der Waals surface area contributed by atoms with E-state index in [9.17, 15) is 4.39 Å². The average molecular weight is 375 g/mol. The lowest BCUT2D eigenvalue weighted by atomic mass is 10.0. The van der Waals surface area contributed by atoms with Crippen LogP contribution in [-0.2, 0) is 13.0 Å². The quantitative estimate of drug-likeness (QED) is 0.760. The van der Waals surface area contributed by atoms with E-state index in [0.717, 1.165) is 27.6 Å². The molecule has 0 fully saturated rings. The lowest BCUT2D eigenvalue weighted by Crippen LogP contribution is -2.07. The number of hydrogen-bond acceptors (Lipinski definition) is 5. The standard InChI is InChI=1S/C16H12BrFN4O/c17-12-7-21-16(15-11(12)5-19-8-22-15)20-6-10-9-3-4-23-14(9)2-1-13(10)18/h1-2,5,7-8H,3-4,6H2,(H,20,21). The van der Waals surface area contributed by atoms with Gasteiger partial charge in [-0.2, -0.15) is 0 Å². The predicted octanol–water partition coefficient (Wildman–Crippen LogP) is 3.47. The highest BCUT2D eigenvalue weighted by Gasteiger charge is 2.19. The molecule has 0 saturated carbocycles. The van der Waals surface area contributed by atoms with Gasteiger partial charge < -0.3 is 10.1 Å². The van der Waals surface area contributed by atoms with Crippen molar-refractivity contribution in [1.82, 2.24) is 15.0 Å². The second kappa shape index (κ2) is 5.73. The minimum absolute atomic E-state index is 0.238. The maximum Gasteiger partial charge on any atom is 0.153 e. The maximum atomic E-state index is 14.2. The molecule has 0 atom stereocenters. The number of aromatic nitrogens is 3. The lowest BCUT2D eigenvalue weighted by molar-refractivity contribution is 0.356. The summed E-state index contributed by atoms with van der Waals surface area (Å²) in [5.74, 6) is 1.12. The molecule has 1 aromatic carbocycles. The minimum Gasteiger partial charge on any atom is -0.493 e. The third kappa shape index (κ3) is 2.50. The molecule has 1 aliphatic rings. The zero-order valence-electron chi connectivity index (χ0n) is 12.0. The number of anilines is 1. The van der Waals surface area contributed by atoms with Crippen molar-refractivity contribution < 1.29 is 9.13 Å². The molecule has 4 rings (SSSR count). The molecule has 3 aromatic rings. The van der Waals surface area contributed by atoms with E-state index in [1.165, 1.54) is 12.4 Å². The van der Waals surface area contributed by atoms with E-state index in [1.54, 1.807) is 18.5 Å². The Kier molecular flexibility index (Phi) is 3.57. The smallest absolute Gasteiger partial charge is 0.153 e. The van der Waals surface area contributed by atoms with Crippen molar-refractivity contribution in [1.29, 1.82) is 0 Å². The highest BCUT2D eigenvalue weighted by atomic mass is 79.9. The summed E-state index contributed by atoms with van der Waals surface area (Å²) >= 11 is 3.43. The van der Waals surface area contributed by atoms with Crippen molar-refractivity contribution in [2.24, 2.45) is 0 Å². The van der Waals surface area contributed by atoms with Gasteiger partial charge in [0.15, 0.2) is 5.82 Å². The first-order chi connectivity index (χ1) is 11.2. The number of benzene rings is 1. The van der Waals surface area contributed by atoms with Gasteiger partial charge in [0, 0.05) is 46.3 Å². The van der Waals surface area contributed by atoms with Crippen molar-refractivity contribution >= 4 is 32.7 Å². The summed E-state index contributed by atoms with van der Waals surface area (Å²) < 4.78 is 20.5. The molecule has 0 unspecified atom stereocenters. The average Bonchev–Trinajstić information content (AvgIpc) is 3.05. The van der Waals surface area contributed by atoms with Gasteiger partial charge >= 0.3 is 0 Å². The topological polar surface area (TPSA) is 59.9 Å². The van der Waals surface area contributed by atoms with Gasteiger partial charge in [-0.05, 0) is 28.1 Å². The van der Waals surface area contributed by atoms with Gasteiger partial charge in [0.05, 0.1) is 6.61 Å². The molecule has 5 nitrogen and oxygen atoms in total. The minimum atomic E-state index is -0.238. The summed E-state index contributed by atoms with van der Waals surface area (Å²) in [4.78, 5) is 12.6. The number of hydrogen-bond donors (Lipinski definition) is 1. The van der Waals surface area contributed by atoms with Crippen LogP contribution in [0, 0.1) is 5.82 Å². The summed E-state index contributed by atoms with van der Waals surface area (Å²) in [5, 5.41) is 4.04. The molecule has 23 heavy (non-hydrogen) atoms. The van der Waals surface area contributed by atoms with Gasteiger partial charge in [-0.15, -0.1) is 0 Å². The molecule has 1 aliphatic heterocycles. The Morgan fingerprint density at radius 3 is 3.09 bits per heavy atom. The zero-order chi connectivity index (χ0) is 15.8. The fourth-order valence-electron chi connectivity index (χ4n) is 2.75. The van der Waals surface area contributed by atoms with Crippen LogP contribution in [0.1, 0.15) is 11.1 Å². The molecule has 0 spiro atoms. The molecule has 3 heterocycles. The molecule has 0 aliphatic carbocycles. The van der Waals surface area contributed by atoms with Gasteiger partial charge in [-0.1, -0.05) is 0 Å². The third-order valence-corrected chi connectivity index (χ3v) is 4.51. The number of rotatable bonds is 3. The SMILES string of the molecule is Fc1ccc2c(c1CNc1ncc(Br)c3cncnc13)CCO2. The number of nitrogens with zero attached hydrogens (tertiary/aromatic N) is 3. The Hall–Kier alpha value is -2.28. The molecule has 0 saturated heterocycles. The molecular weight excluding hydrogens is 363 g/mol. The van der Waals surface area contributed by atoms with Crippen LogP contribution in [0.25, 0.3) is 10.9 Å². The summed E-state index contributed by atoms with van der Waals surface area (Å²) in [5.41, 5.74) is 2.24. The first-order valence-corrected chi connectivity index (χ1v) is 7.94. The third-order valence-electron chi connectivity index (χ3n) is 3.87. The van der Waals surface area contributed by atoms with Gasteiger partial charge in [-0.3, -0.25) is 0 Å². The summed E-state index contributed by atoms with van der Waals surface area (Å²) in [6.45, 7) is 0.921. The Morgan fingerprint density at radius 2 is 2.17 bits per heavy atom. The molecule has 7 heteroatoms. The molecule has 0 amide bonds. The number of fused-ring (bicyclic) bond motifs is 2. The van der Waals surface area contributed by atoms with Crippen LogP contribution in [-0.4, -0.2) is 21.6 Å². The Balaban J connectivity index is 1.69. The van der Waals surface area contributed by atoms with Gasteiger partial charge in [0.2, 0.25) is 0 Å². The first kappa shape index (κ1) is 14.3. The van der Waals surface area contributed by atoms with Crippen molar-refractivity contribution in [2.75, 3.05) is 11.9 Å². The van der Waals surface area contributed by atoms with Crippen LogP contribution in [0.4, 0.5) is 10.2 Å². The molecule has 2 aromatic heterocycles. The first-order valence-electron chi connectivity index (χ1n) is 7.15. The van der Waals surface area contributed by atoms with E-state index in [-0.39, 0.29) is 5.82 Å². The fraction of sp³-hybridized carbons (Fsp3) is 0.188. The van der Waals surface area contributed by atoms with Crippen LogP contribution < -0.4 is 10.1 Å². The van der Waals surface area contributed by atoms with E-state index >= 15 is 0 Å². The van der Waals surface area contributed by atoms with E-state index < -0.39 is 0 Å². The number of nitrogens with one attached hydrogen (secondary N) is 1. The van der Waals surface area contributed by atoms with Gasteiger partial charge in [0.1, 0.15) is 23.4 Å². The van der Waals surface area contributed by atoms with Crippen molar-refractivity contribution in [3.05, 3.63) is 52.3 Å². The van der Waals surface area contributed by atoms with Gasteiger partial charge in [0.25, 0.3) is 0 Å². The van der Waals surface area contributed by atoms with Crippen LogP contribution in [0.5, 0.6) is 5.75 Å². The van der Waals surface area contributed by atoms with Crippen LogP contribution in [0.2, 0.25) is 0 Å². The monoisotopic (exact) mass is 374 g/mol. The fourth-order valence-corrected chi connectivity index (χ4v) is 3.15. The highest BCUT2D eigenvalue weighted by Crippen LogP contribution is 2.31. The molecule has 1 N–H and O–H groups in total.